The number of aryl methyl sites for hydroxylation is 1. The van der Waals surface area contributed by atoms with Crippen LogP contribution in [0.25, 0.3) is 10.4 Å². The van der Waals surface area contributed by atoms with Crippen molar-refractivity contribution in [1.82, 2.24) is 15.2 Å². The first kappa shape index (κ1) is 22.5. The number of hydrogen-bond donors (Lipinski definition) is 1. The van der Waals surface area contributed by atoms with Gasteiger partial charge >= 0.3 is 0 Å². The van der Waals surface area contributed by atoms with Gasteiger partial charge in [-0.1, -0.05) is 23.7 Å². The number of benzene rings is 2. The van der Waals surface area contributed by atoms with E-state index in [9.17, 15) is 14.0 Å². The molecule has 3 aromatic rings. The zero-order valence-electron chi connectivity index (χ0n) is 19.0. The van der Waals surface area contributed by atoms with Gasteiger partial charge in [-0.05, 0) is 49.9 Å². The van der Waals surface area contributed by atoms with Gasteiger partial charge in [0.2, 0.25) is 0 Å². The lowest BCUT2D eigenvalue weighted by molar-refractivity contribution is 0.0684. The van der Waals surface area contributed by atoms with E-state index < -0.39 is 5.82 Å². The molecule has 1 saturated heterocycles. The predicted octanol–water partition coefficient (Wildman–Crippen LogP) is 4.88. The van der Waals surface area contributed by atoms with Gasteiger partial charge in [-0.15, -0.1) is 11.3 Å². The normalized spacial score (nSPS) is 21.9. The van der Waals surface area contributed by atoms with Crippen LogP contribution in [0.5, 0.6) is 5.75 Å². The maximum absolute atomic E-state index is 14.7. The number of nitrogens with zero attached hydrogens (tertiary/aromatic N) is 2. The number of hydrogen-bond acceptors (Lipinski definition) is 5. The molecule has 35 heavy (non-hydrogen) atoms. The summed E-state index contributed by atoms with van der Waals surface area (Å²) in [5.74, 6) is 0.305. The number of piperidine rings is 1. The Morgan fingerprint density at radius 1 is 1.26 bits per heavy atom. The fraction of sp³-hybridized carbons (Fsp3) is 0.346. The van der Waals surface area contributed by atoms with Crippen molar-refractivity contribution in [1.29, 1.82) is 0 Å². The second kappa shape index (κ2) is 8.60. The lowest BCUT2D eigenvalue weighted by atomic mass is 10.0. The van der Waals surface area contributed by atoms with E-state index in [1.54, 1.807) is 25.1 Å². The van der Waals surface area contributed by atoms with Crippen LogP contribution in [0.1, 0.15) is 44.3 Å². The highest BCUT2D eigenvalue weighted by atomic mass is 35.5. The number of ether oxygens (including phenoxy) is 1. The minimum absolute atomic E-state index is 0.129. The van der Waals surface area contributed by atoms with E-state index >= 15 is 0 Å². The maximum atomic E-state index is 14.7. The average Bonchev–Trinajstić information content (AvgIpc) is 3.17. The van der Waals surface area contributed by atoms with Gasteiger partial charge < -0.3 is 15.0 Å². The smallest absolute Gasteiger partial charge is 0.274 e. The molecule has 1 aliphatic carbocycles. The Hall–Kier alpha value is -2.97. The van der Waals surface area contributed by atoms with Gasteiger partial charge in [-0.3, -0.25) is 9.59 Å². The maximum Gasteiger partial charge on any atom is 0.274 e. The summed E-state index contributed by atoms with van der Waals surface area (Å²) in [6.07, 6.45) is 2.48. The molecule has 0 bridgehead atoms. The number of nitrogens with one attached hydrogen (secondary N) is 1. The molecular formula is C26H23ClFN3O3S. The van der Waals surface area contributed by atoms with Crippen LogP contribution < -0.4 is 10.1 Å². The zero-order chi connectivity index (χ0) is 24.3. The Bertz CT molecular complexity index is 1340. The summed E-state index contributed by atoms with van der Waals surface area (Å²) in [7, 11) is 0. The van der Waals surface area contributed by atoms with E-state index in [1.807, 2.05) is 17.0 Å². The van der Waals surface area contributed by atoms with Crippen molar-refractivity contribution in [3.8, 4) is 16.2 Å². The molecular weight excluding hydrogens is 489 g/mol. The van der Waals surface area contributed by atoms with Crippen LogP contribution in [0.2, 0.25) is 5.02 Å². The highest BCUT2D eigenvalue weighted by molar-refractivity contribution is 7.15. The van der Waals surface area contributed by atoms with Crippen LogP contribution in [0.3, 0.4) is 0 Å². The fourth-order valence-electron chi connectivity index (χ4n) is 5.38. The number of rotatable bonds is 5. The van der Waals surface area contributed by atoms with E-state index in [2.05, 4.69) is 10.3 Å². The molecule has 6 nitrogen and oxygen atoms in total. The second-order valence-electron chi connectivity index (χ2n) is 9.26. The molecule has 2 fully saturated rings. The Morgan fingerprint density at radius 3 is 2.91 bits per heavy atom. The third kappa shape index (κ3) is 3.89. The third-order valence-electron chi connectivity index (χ3n) is 7.06. The summed E-state index contributed by atoms with van der Waals surface area (Å²) in [4.78, 5) is 33.5. The summed E-state index contributed by atoms with van der Waals surface area (Å²) < 4.78 is 20.3. The topological polar surface area (TPSA) is 71.5 Å². The van der Waals surface area contributed by atoms with E-state index in [1.165, 1.54) is 17.4 Å². The van der Waals surface area contributed by atoms with E-state index in [0.717, 1.165) is 24.2 Å². The van der Waals surface area contributed by atoms with E-state index in [-0.39, 0.29) is 40.2 Å². The lowest BCUT2D eigenvalue weighted by Crippen LogP contribution is -2.45. The number of fused-ring (bicyclic) bond motifs is 2. The molecule has 1 saturated carbocycles. The SMILES string of the molecule is Cc1nc(C(=O)N2[C@H](CNC(=O)c3cccc4c3CCO4)C[C@@H]3C[C@@H]32)c(-c2c(F)cccc2Cl)s1. The molecule has 3 aliphatic rings. The Balaban J connectivity index is 1.24. The highest BCUT2D eigenvalue weighted by Crippen LogP contribution is 2.49. The minimum atomic E-state index is -0.482. The summed E-state index contributed by atoms with van der Waals surface area (Å²) >= 11 is 7.58. The predicted molar refractivity (Wildman–Crippen MR) is 132 cm³/mol. The van der Waals surface area contributed by atoms with Crippen molar-refractivity contribution in [2.45, 2.75) is 38.3 Å². The summed E-state index contributed by atoms with van der Waals surface area (Å²) in [6.45, 7) is 2.72. The van der Waals surface area contributed by atoms with Crippen LogP contribution in [0.4, 0.5) is 4.39 Å². The fourth-order valence-corrected chi connectivity index (χ4v) is 6.66. The molecule has 180 valence electrons. The van der Waals surface area contributed by atoms with Gasteiger partial charge in [0.15, 0.2) is 0 Å². The third-order valence-corrected chi connectivity index (χ3v) is 8.36. The molecule has 2 amide bonds. The number of halogens is 2. The van der Waals surface area contributed by atoms with Gasteiger partial charge in [0.05, 0.1) is 27.6 Å². The quantitative estimate of drug-likeness (QED) is 0.530. The average molecular weight is 512 g/mol. The number of aromatic nitrogens is 1. The van der Waals surface area contributed by atoms with Crippen molar-refractivity contribution in [2.24, 2.45) is 5.92 Å². The standard InChI is InChI=1S/C26H23ClFN3O3S/c1-13-30-23(24(35-13)22-18(27)5-3-6-19(22)28)26(33)31-15(10-14-11-20(14)31)12-29-25(32)17-4-2-7-21-16(17)8-9-34-21/h2-7,14-15,20H,8-12H2,1H3,(H,29,32)/t14-,15+,20+/m1/s1. The van der Waals surface area contributed by atoms with Crippen molar-refractivity contribution in [3.63, 3.8) is 0 Å². The molecule has 3 heterocycles. The van der Waals surface area contributed by atoms with Crippen LogP contribution in [0, 0.1) is 18.7 Å². The van der Waals surface area contributed by atoms with Crippen LogP contribution >= 0.6 is 22.9 Å². The number of likely N-dealkylation sites (tertiary alicyclic amines) is 1. The van der Waals surface area contributed by atoms with Crippen LogP contribution in [-0.4, -0.2) is 46.9 Å². The number of carbonyl (C=O) groups excluding carboxylic acids is 2. The molecule has 1 aromatic heterocycles. The lowest BCUT2D eigenvalue weighted by Gasteiger charge is -2.28. The van der Waals surface area contributed by atoms with Crippen LogP contribution in [0.15, 0.2) is 36.4 Å². The van der Waals surface area contributed by atoms with Gasteiger partial charge in [0, 0.05) is 35.7 Å². The molecule has 3 atom stereocenters. The number of thiazole rings is 1. The molecule has 1 N–H and O–H groups in total. The van der Waals surface area contributed by atoms with Crippen molar-refractivity contribution < 1.29 is 18.7 Å². The first-order valence-corrected chi connectivity index (χ1v) is 12.9. The molecule has 9 heteroatoms. The first-order valence-electron chi connectivity index (χ1n) is 11.7. The molecule has 0 unspecified atom stereocenters. The van der Waals surface area contributed by atoms with Crippen molar-refractivity contribution in [3.05, 3.63) is 69.1 Å². The van der Waals surface area contributed by atoms with Gasteiger partial charge in [0.25, 0.3) is 11.8 Å². The Labute approximate surface area is 211 Å². The van der Waals surface area contributed by atoms with Gasteiger partial charge in [0.1, 0.15) is 17.3 Å². The van der Waals surface area contributed by atoms with Crippen molar-refractivity contribution >= 4 is 34.8 Å². The monoisotopic (exact) mass is 511 g/mol. The Kier molecular flexibility index (Phi) is 5.53. The van der Waals surface area contributed by atoms with E-state index in [0.29, 0.717) is 40.9 Å². The summed E-state index contributed by atoms with van der Waals surface area (Å²) in [5, 5.41) is 3.94. The summed E-state index contributed by atoms with van der Waals surface area (Å²) in [6, 6.07) is 9.97. The molecule has 0 radical (unpaired) electrons. The molecule has 0 spiro atoms. The highest BCUT2D eigenvalue weighted by Gasteiger charge is 2.54. The second-order valence-corrected chi connectivity index (χ2v) is 10.9. The molecule has 2 aromatic carbocycles. The molecule has 2 aliphatic heterocycles. The van der Waals surface area contributed by atoms with Gasteiger partial charge in [-0.2, -0.15) is 0 Å². The number of carbonyl (C=O) groups is 2. The van der Waals surface area contributed by atoms with Crippen LogP contribution in [-0.2, 0) is 6.42 Å². The van der Waals surface area contributed by atoms with Gasteiger partial charge in [-0.25, -0.2) is 9.37 Å². The zero-order valence-corrected chi connectivity index (χ0v) is 20.6. The largest absolute Gasteiger partial charge is 0.493 e. The van der Waals surface area contributed by atoms with E-state index in [4.69, 9.17) is 16.3 Å². The minimum Gasteiger partial charge on any atom is -0.493 e. The molecule has 6 rings (SSSR count). The Morgan fingerprint density at radius 2 is 2.09 bits per heavy atom. The first-order chi connectivity index (χ1) is 16.9. The van der Waals surface area contributed by atoms with Crippen molar-refractivity contribution in [2.75, 3.05) is 13.2 Å². The summed E-state index contributed by atoms with van der Waals surface area (Å²) in [5.41, 5.74) is 1.98. The number of amides is 2.